The minimum Gasteiger partial charge on any atom is -0.370 e. The molecule has 0 saturated heterocycles. The summed E-state index contributed by atoms with van der Waals surface area (Å²) >= 11 is 0. The van der Waals surface area contributed by atoms with Crippen molar-refractivity contribution in [3.8, 4) is 36.0 Å². The number of hydroxylamine groups is 1. The first-order valence-electron chi connectivity index (χ1n) is 4.33. The van der Waals surface area contributed by atoms with E-state index in [1.165, 1.54) is 0 Å². The van der Waals surface area contributed by atoms with Crippen LogP contribution in [0.4, 0.5) is 0 Å². The van der Waals surface area contributed by atoms with Crippen molar-refractivity contribution in [3.05, 3.63) is 0 Å². The summed E-state index contributed by atoms with van der Waals surface area (Å²) < 4.78 is 0. The van der Waals surface area contributed by atoms with E-state index in [2.05, 4.69) is 35.1 Å². The molecule has 0 fully saturated rings. The van der Waals surface area contributed by atoms with E-state index in [-0.39, 0.29) is 5.91 Å². The third-order valence-corrected chi connectivity index (χ3v) is 1.22. The molecule has 0 saturated carbocycles. The zero-order valence-corrected chi connectivity index (χ0v) is 8.30. The first kappa shape index (κ1) is 13.1. The minimum atomic E-state index is -0.331. The molecule has 15 heavy (non-hydrogen) atoms. The Morgan fingerprint density at radius 3 is 2.87 bits per heavy atom. The van der Waals surface area contributed by atoms with Crippen LogP contribution in [-0.4, -0.2) is 19.1 Å². The Labute approximate surface area is 89.5 Å². The van der Waals surface area contributed by atoms with E-state index in [4.69, 9.17) is 17.0 Å². The molecule has 0 rings (SSSR count). The fourth-order valence-electron chi connectivity index (χ4n) is 0.634. The number of rotatable bonds is 6. The predicted molar refractivity (Wildman–Crippen MR) is 56.8 cm³/mol. The van der Waals surface area contributed by atoms with E-state index in [9.17, 15) is 4.79 Å². The maximum atomic E-state index is 10.3. The molecule has 0 aliphatic heterocycles. The lowest BCUT2D eigenvalue weighted by molar-refractivity contribution is -0.118. The van der Waals surface area contributed by atoms with E-state index < -0.39 is 0 Å². The van der Waals surface area contributed by atoms with Gasteiger partial charge in [-0.3, -0.25) is 4.79 Å². The van der Waals surface area contributed by atoms with Gasteiger partial charge >= 0.3 is 0 Å². The van der Waals surface area contributed by atoms with Gasteiger partial charge in [-0.25, -0.2) is 0 Å². The van der Waals surface area contributed by atoms with Crippen molar-refractivity contribution >= 4 is 5.91 Å². The molecule has 0 aromatic carbocycles. The summed E-state index contributed by atoms with van der Waals surface area (Å²) in [6, 6.07) is 0. The lowest BCUT2D eigenvalue weighted by Gasteiger charge is -2.00. The van der Waals surface area contributed by atoms with Gasteiger partial charge in [0, 0.05) is 6.42 Å². The second-order valence-corrected chi connectivity index (χ2v) is 2.44. The predicted octanol–water partition coefficient (Wildman–Crippen LogP) is -0.587. The number of amides is 1. The molecule has 4 heteroatoms. The van der Waals surface area contributed by atoms with E-state index in [1.54, 1.807) is 0 Å². The van der Waals surface area contributed by atoms with E-state index in [1.807, 2.05) is 0 Å². The van der Waals surface area contributed by atoms with E-state index in [0.29, 0.717) is 26.0 Å². The monoisotopic (exact) mass is 204 g/mol. The summed E-state index contributed by atoms with van der Waals surface area (Å²) in [5, 5.41) is 0. The van der Waals surface area contributed by atoms with Crippen LogP contribution in [0.1, 0.15) is 12.8 Å². The highest BCUT2D eigenvalue weighted by atomic mass is 16.6. The first-order valence-corrected chi connectivity index (χ1v) is 4.33. The Balaban J connectivity index is 3.28. The number of primary amides is 1. The van der Waals surface area contributed by atoms with E-state index >= 15 is 0 Å². The Morgan fingerprint density at radius 1 is 1.40 bits per heavy atom. The lowest BCUT2D eigenvalue weighted by Crippen LogP contribution is -2.17. The van der Waals surface area contributed by atoms with Gasteiger partial charge in [0.05, 0.1) is 13.2 Å². The fourth-order valence-corrected chi connectivity index (χ4v) is 0.634. The second-order valence-electron chi connectivity index (χ2n) is 2.44. The molecule has 0 aromatic heterocycles. The third-order valence-electron chi connectivity index (χ3n) is 1.22. The van der Waals surface area contributed by atoms with Crippen molar-refractivity contribution in [1.29, 1.82) is 0 Å². The van der Waals surface area contributed by atoms with Gasteiger partial charge in [0.25, 0.3) is 0 Å². The summed E-state index contributed by atoms with van der Waals surface area (Å²) in [6.07, 6.45) is 5.79. The van der Waals surface area contributed by atoms with Crippen LogP contribution < -0.4 is 11.2 Å². The average molecular weight is 204 g/mol. The molecule has 0 bridgehead atoms. The molecule has 0 aromatic rings. The first-order chi connectivity index (χ1) is 7.27. The summed E-state index contributed by atoms with van der Waals surface area (Å²) in [6.45, 7) is 0.774. The molecule has 0 radical (unpaired) electrons. The molecule has 0 aliphatic rings. The zero-order chi connectivity index (χ0) is 11.4. The molecule has 0 aliphatic carbocycles. The number of hydrogen-bond acceptors (Lipinski definition) is 3. The molecule has 78 valence electrons. The number of terminal acetylenes is 1. The summed E-state index contributed by atoms with van der Waals surface area (Å²) in [5.41, 5.74) is 7.52. The summed E-state index contributed by atoms with van der Waals surface area (Å²) in [5.74, 6) is 11.8. The highest BCUT2D eigenvalue weighted by Crippen LogP contribution is 1.85. The Hall–Kier alpha value is -1.93. The molecule has 0 unspecified atom stereocenters. The number of nitrogens with one attached hydrogen (secondary N) is 1. The van der Waals surface area contributed by atoms with Crippen molar-refractivity contribution in [2.45, 2.75) is 12.8 Å². The van der Waals surface area contributed by atoms with Gasteiger partial charge in [0.2, 0.25) is 5.91 Å². The molecule has 4 nitrogen and oxygen atoms in total. The standard InChI is InChI=1S/C11H12N2O2/c1-2-3-4-5-6-9-13-15-10-7-8-11(12)14/h1,13H,7-10H2,(H2,12,14). The molecule has 1 amide bonds. The number of nitrogens with two attached hydrogens (primary N) is 1. The Kier molecular flexibility index (Phi) is 8.85. The minimum absolute atomic E-state index is 0.320. The third kappa shape index (κ3) is 12.1. The van der Waals surface area contributed by atoms with Gasteiger partial charge < -0.3 is 10.6 Å². The normalized spacial score (nSPS) is 7.67. The van der Waals surface area contributed by atoms with Crippen LogP contribution >= 0.6 is 0 Å². The maximum absolute atomic E-state index is 10.3. The highest BCUT2D eigenvalue weighted by Gasteiger charge is 1.92. The van der Waals surface area contributed by atoms with Crippen LogP contribution in [0.5, 0.6) is 0 Å². The average Bonchev–Trinajstić information content (AvgIpc) is 2.20. The smallest absolute Gasteiger partial charge is 0.217 e. The molecule has 3 N–H and O–H groups in total. The molecular formula is C11H12N2O2. The SMILES string of the molecule is C#CC#CC#CCNOCCCC(N)=O. The fraction of sp³-hybridized carbons (Fsp3) is 0.364. The quantitative estimate of drug-likeness (QED) is 0.345. The summed E-state index contributed by atoms with van der Waals surface area (Å²) in [7, 11) is 0. The van der Waals surface area contributed by atoms with Crippen LogP contribution in [-0.2, 0) is 9.63 Å². The maximum Gasteiger partial charge on any atom is 0.217 e. The molecule has 0 heterocycles. The van der Waals surface area contributed by atoms with Gasteiger partial charge in [-0.1, -0.05) is 5.92 Å². The highest BCUT2D eigenvalue weighted by molar-refractivity contribution is 5.73. The lowest BCUT2D eigenvalue weighted by atomic mass is 10.3. The van der Waals surface area contributed by atoms with Crippen molar-refractivity contribution in [2.24, 2.45) is 5.73 Å². The van der Waals surface area contributed by atoms with Crippen molar-refractivity contribution in [1.82, 2.24) is 5.48 Å². The zero-order valence-electron chi connectivity index (χ0n) is 8.30. The van der Waals surface area contributed by atoms with Gasteiger partial charge in [-0.05, 0) is 30.1 Å². The number of carbonyl (C=O) groups is 1. The van der Waals surface area contributed by atoms with Crippen LogP contribution in [0.2, 0.25) is 0 Å². The van der Waals surface area contributed by atoms with Gasteiger partial charge in [0.15, 0.2) is 0 Å². The Bertz CT molecular complexity index is 347. The number of hydrogen-bond donors (Lipinski definition) is 2. The van der Waals surface area contributed by atoms with Crippen LogP contribution in [0, 0.1) is 36.0 Å². The molecule has 0 spiro atoms. The van der Waals surface area contributed by atoms with Crippen molar-refractivity contribution < 1.29 is 9.63 Å². The summed E-state index contributed by atoms with van der Waals surface area (Å²) in [4.78, 5) is 15.3. The van der Waals surface area contributed by atoms with Crippen LogP contribution in [0.25, 0.3) is 0 Å². The van der Waals surface area contributed by atoms with Crippen molar-refractivity contribution in [2.75, 3.05) is 13.2 Å². The number of carbonyl (C=O) groups excluding carboxylic acids is 1. The van der Waals surface area contributed by atoms with Crippen LogP contribution in [0.3, 0.4) is 0 Å². The van der Waals surface area contributed by atoms with Gasteiger partial charge in [-0.15, -0.1) is 6.42 Å². The van der Waals surface area contributed by atoms with E-state index in [0.717, 1.165) is 0 Å². The molecular weight excluding hydrogens is 192 g/mol. The topological polar surface area (TPSA) is 64.3 Å². The molecule has 0 atom stereocenters. The van der Waals surface area contributed by atoms with Gasteiger partial charge in [-0.2, -0.15) is 5.48 Å². The largest absolute Gasteiger partial charge is 0.370 e. The Morgan fingerprint density at radius 2 is 2.20 bits per heavy atom. The van der Waals surface area contributed by atoms with Crippen molar-refractivity contribution in [3.63, 3.8) is 0 Å². The van der Waals surface area contributed by atoms with Crippen LogP contribution in [0.15, 0.2) is 0 Å². The second kappa shape index (κ2) is 10.2. The van der Waals surface area contributed by atoms with Gasteiger partial charge in [0.1, 0.15) is 0 Å².